The van der Waals surface area contributed by atoms with Crippen molar-refractivity contribution in [2.24, 2.45) is 10.7 Å². The van der Waals surface area contributed by atoms with Gasteiger partial charge in [-0.2, -0.15) is 0 Å². The smallest absolute Gasteiger partial charge is 0.338 e. The standard InChI is InChI=1S/C19H28N4O4S/c1-5-8-14(15-9-13(10-16(25)27-15)23(6-2)7-3)21-18(26)19(20)11-28-17(22-19)12(4)24/h9-10,14H,5-8,11,20H2,1-4H3,(H,21,26)/t14-,19+/m1/s1. The van der Waals surface area contributed by atoms with Gasteiger partial charge in [-0.1, -0.05) is 25.1 Å². The molecule has 1 aromatic heterocycles. The first-order valence-electron chi connectivity index (χ1n) is 9.47. The number of hydrogen-bond donors (Lipinski definition) is 2. The van der Waals surface area contributed by atoms with Gasteiger partial charge in [0.25, 0.3) is 5.91 Å². The van der Waals surface area contributed by atoms with Crippen molar-refractivity contribution < 1.29 is 14.0 Å². The first kappa shape index (κ1) is 22.2. The molecule has 1 aliphatic heterocycles. The molecule has 2 rings (SSSR count). The Kier molecular flexibility index (Phi) is 7.42. The van der Waals surface area contributed by atoms with Crippen LogP contribution in [-0.2, 0) is 9.59 Å². The molecule has 2 heterocycles. The zero-order chi connectivity index (χ0) is 20.9. The highest BCUT2D eigenvalue weighted by Gasteiger charge is 2.41. The summed E-state index contributed by atoms with van der Waals surface area (Å²) in [5, 5.41) is 3.11. The van der Waals surface area contributed by atoms with Crippen LogP contribution in [0.3, 0.4) is 0 Å². The van der Waals surface area contributed by atoms with Crippen molar-refractivity contribution in [3.63, 3.8) is 0 Å². The maximum Gasteiger partial charge on any atom is 0.338 e. The van der Waals surface area contributed by atoms with Gasteiger partial charge >= 0.3 is 5.63 Å². The number of thioether (sulfide) groups is 1. The summed E-state index contributed by atoms with van der Waals surface area (Å²) in [6.45, 7) is 8.86. The van der Waals surface area contributed by atoms with Crippen molar-refractivity contribution in [2.75, 3.05) is 23.7 Å². The van der Waals surface area contributed by atoms with E-state index in [-0.39, 0.29) is 16.6 Å². The molecule has 0 unspecified atom stereocenters. The van der Waals surface area contributed by atoms with Gasteiger partial charge in [0.1, 0.15) is 10.8 Å². The SMILES string of the molecule is CCC[C@@H](NC(=O)[C@]1(N)CSC(C(C)=O)=N1)c1cc(N(CC)CC)cc(=O)o1. The average Bonchev–Trinajstić information content (AvgIpc) is 3.06. The summed E-state index contributed by atoms with van der Waals surface area (Å²) < 4.78 is 5.39. The second-order valence-corrected chi connectivity index (χ2v) is 7.67. The van der Waals surface area contributed by atoms with Crippen molar-refractivity contribution in [3.8, 4) is 0 Å². The van der Waals surface area contributed by atoms with Gasteiger partial charge in [-0.3, -0.25) is 15.3 Å². The molecule has 1 aliphatic rings. The molecule has 0 bridgehead atoms. The quantitative estimate of drug-likeness (QED) is 0.640. The number of hydrogen-bond acceptors (Lipinski definition) is 8. The van der Waals surface area contributed by atoms with Crippen LogP contribution in [0.2, 0.25) is 0 Å². The topological polar surface area (TPSA) is 118 Å². The van der Waals surface area contributed by atoms with Crippen LogP contribution in [0, 0.1) is 0 Å². The minimum absolute atomic E-state index is 0.191. The van der Waals surface area contributed by atoms with Crippen LogP contribution >= 0.6 is 11.8 Å². The molecule has 1 aromatic rings. The highest BCUT2D eigenvalue weighted by Crippen LogP contribution is 2.27. The number of aliphatic imine (C=N–C) groups is 1. The normalized spacial score (nSPS) is 19.8. The molecule has 28 heavy (non-hydrogen) atoms. The monoisotopic (exact) mass is 408 g/mol. The molecular weight excluding hydrogens is 380 g/mol. The van der Waals surface area contributed by atoms with E-state index in [1.54, 1.807) is 6.07 Å². The molecule has 0 spiro atoms. The first-order chi connectivity index (χ1) is 13.2. The van der Waals surface area contributed by atoms with E-state index in [4.69, 9.17) is 10.2 Å². The Balaban J connectivity index is 2.30. The van der Waals surface area contributed by atoms with Gasteiger partial charge in [0.2, 0.25) is 0 Å². The van der Waals surface area contributed by atoms with Gasteiger partial charge < -0.3 is 14.6 Å². The van der Waals surface area contributed by atoms with E-state index in [1.165, 1.54) is 24.8 Å². The minimum atomic E-state index is -1.51. The van der Waals surface area contributed by atoms with E-state index in [2.05, 4.69) is 10.3 Å². The molecule has 0 fully saturated rings. The molecule has 8 nitrogen and oxygen atoms in total. The van der Waals surface area contributed by atoms with Crippen LogP contribution in [-0.4, -0.2) is 41.2 Å². The van der Waals surface area contributed by atoms with Crippen LogP contribution < -0.4 is 21.6 Å². The van der Waals surface area contributed by atoms with Crippen LogP contribution in [0.4, 0.5) is 5.69 Å². The maximum absolute atomic E-state index is 12.8. The number of amides is 1. The predicted molar refractivity (Wildman–Crippen MR) is 112 cm³/mol. The third kappa shape index (κ3) is 5.02. The van der Waals surface area contributed by atoms with E-state index in [0.717, 1.165) is 25.2 Å². The lowest BCUT2D eigenvalue weighted by molar-refractivity contribution is -0.126. The summed E-state index contributed by atoms with van der Waals surface area (Å²) in [5.74, 6) is -0.135. The first-order valence-corrected chi connectivity index (χ1v) is 10.5. The highest BCUT2D eigenvalue weighted by molar-refractivity contribution is 8.16. The number of carbonyl (C=O) groups is 2. The van der Waals surface area contributed by atoms with E-state index in [9.17, 15) is 14.4 Å². The molecule has 0 saturated heterocycles. The van der Waals surface area contributed by atoms with Crippen molar-refractivity contribution in [1.82, 2.24) is 5.32 Å². The predicted octanol–water partition coefficient (Wildman–Crippen LogP) is 1.83. The summed E-state index contributed by atoms with van der Waals surface area (Å²) in [4.78, 5) is 42.5. The summed E-state index contributed by atoms with van der Waals surface area (Å²) in [7, 11) is 0. The van der Waals surface area contributed by atoms with Crippen molar-refractivity contribution in [2.45, 2.75) is 52.2 Å². The second kappa shape index (κ2) is 9.38. The lowest BCUT2D eigenvalue weighted by Crippen LogP contribution is -2.54. The Labute approximate surface area is 168 Å². The van der Waals surface area contributed by atoms with Gasteiger partial charge in [-0.15, -0.1) is 0 Å². The number of ketones is 1. The third-order valence-electron chi connectivity index (χ3n) is 4.55. The molecule has 154 valence electrons. The van der Waals surface area contributed by atoms with Gasteiger partial charge in [0, 0.05) is 43.6 Å². The van der Waals surface area contributed by atoms with E-state index in [1.807, 2.05) is 25.7 Å². The lowest BCUT2D eigenvalue weighted by atomic mass is 10.1. The maximum atomic E-state index is 12.8. The second-order valence-electron chi connectivity index (χ2n) is 6.71. The van der Waals surface area contributed by atoms with Crippen molar-refractivity contribution in [1.29, 1.82) is 0 Å². The largest absolute Gasteiger partial charge is 0.426 e. The minimum Gasteiger partial charge on any atom is -0.426 e. The Morgan fingerprint density at radius 2 is 2.04 bits per heavy atom. The third-order valence-corrected chi connectivity index (χ3v) is 5.79. The zero-order valence-corrected chi connectivity index (χ0v) is 17.6. The molecule has 9 heteroatoms. The van der Waals surface area contributed by atoms with E-state index < -0.39 is 23.2 Å². The van der Waals surface area contributed by atoms with E-state index in [0.29, 0.717) is 12.2 Å². The van der Waals surface area contributed by atoms with Gasteiger partial charge in [-0.25, -0.2) is 9.79 Å². The molecular formula is C19H28N4O4S. The Bertz CT molecular complexity index is 818. The molecule has 0 aliphatic carbocycles. The van der Waals surface area contributed by atoms with Crippen molar-refractivity contribution in [3.05, 3.63) is 28.3 Å². The van der Waals surface area contributed by atoms with Gasteiger partial charge in [0.05, 0.1) is 6.04 Å². The molecule has 0 saturated carbocycles. The molecule has 1 amide bonds. The van der Waals surface area contributed by atoms with Crippen LogP contribution in [0.25, 0.3) is 0 Å². The number of nitrogens with one attached hydrogen (secondary N) is 1. The summed E-state index contributed by atoms with van der Waals surface area (Å²) >= 11 is 1.17. The number of anilines is 1. The van der Waals surface area contributed by atoms with Crippen LogP contribution in [0.15, 0.2) is 26.3 Å². The van der Waals surface area contributed by atoms with E-state index >= 15 is 0 Å². The average molecular weight is 409 g/mol. The summed E-state index contributed by atoms with van der Waals surface area (Å²) in [6, 6.07) is 2.72. The van der Waals surface area contributed by atoms with Crippen molar-refractivity contribution >= 4 is 34.2 Å². The Hall–Kier alpha value is -2.13. The fraction of sp³-hybridized carbons (Fsp3) is 0.579. The number of carbonyl (C=O) groups excluding carboxylic acids is 2. The molecule has 3 N–H and O–H groups in total. The zero-order valence-electron chi connectivity index (χ0n) is 16.8. The molecule has 2 atom stereocenters. The lowest BCUT2D eigenvalue weighted by Gasteiger charge is -2.25. The fourth-order valence-electron chi connectivity index (χ4n) is 3.00. The Morgan fingerprint density at radius 3 is 2.57 bits per heavy atom. The number of rotatable bonds is 9. The molecule has 0 radical (unpaired) electrons. The number of Topliss-reactive ketones (excluding diaryl/α,β-unsaturated/α-hetero) is 1. The summed E-state index contributed by atoms with van der Waals surface area (Å²) in [5.41, 5.74) is 4.91. The number of nitrogens with two attached hydrogens (primary N) is 1. The number of nitrogens with zero attached hydrogens (tertiary/aromatic N) is 2. The van der Waals surface area contributed by atoms with Crippen LogP contribution in [0.5, 0.6) is 0 Å². The molecule has 0 aromatic carbocycles. The van der Waals surface area contributed by atoms with Gasteiger partial charge in [-0.05, 0) is 20.3 Å². The highest BCUT2D eigenvalue weighted by atomic mass is 32.2. The van der Waals surface area contributed by atoms with Crippen LogP contribution in [0.1, 0.15) is 52.3 Å². The van der Waals surface area contributed by atoms with Gasteiger partial charge in [0.15, 0.2) is 11.4 Å². The Morgan fingerprint density at radius 1 is 1.36 bits per heavy atom. The fourth-order valence-corrected chi connectivity index (χ4v) is 3.99. The summed E-state index contributed by atoms with van der Waals surface area (Å²) in [6.07, 6.45) is 1.33.